The SMILES string of the molecule is O=C(c1cc2c(ccc3ccccc32)oc1=O)N(CCCN1CCOCC1)c1nc2ccc(Cl)cc2s1. The Hall–Kier alpha value is -3.30. The largest absolute Gasteiger partial charge is 0.422 e. The average Bonchev–Trinajstić information content (AvgIpc) is 3.33. The molecular formula is C28H24ClN3O4S. The van der Waals surface area contributed by atoms with Crippen LogP contribution in [0.1, 0.15) is 16.8 Å². The number of carbonyl (C=O) groups is 1. The number of fused-ring (bicyclic) bond motifs is 4. The van der Waals surface area contributed by atoms with Gasteiger partial charge in [-0.15, -0.1) is 0 Å². The second-order valence-electron chi connectivity index (χ2n) is 9.02. The van der Waals surface area contributed by atoms with Crippen molar-refractivity contribution in [2.45, 2.75) is 6.42 Å². The topological polar surface area (TPSA) is 75.9 Å². The van der Waals surface area contributed by atoms with E-state index in [1.54, 1.807) is 23.1 Å². The van der Waals surface area contributed by atoms with Crippen molar-refractivity contribution in [1.82, 2.24) is 9.88 Å². The fraction of sp³-hybridized carbons (Fsp3) is 0.250. The molecule has 6 rings (SSSR count). The van der Waals surface area contributed by atoms with Gasteiger partial charge in [-0.2, -0.15) is 0 Å². The van der Waals surface area contributed by atoms with Crippen molar-refractivity contribution in [2.24, 2.45) is 0 Å². The normalized spacial score (nSPS) is 14.5. The Balaban J connectivity index is 1.39. The quantitative estimate of drug-likeness (QED) is 0.209. The molecule has 1 saturated heterocycles. The molecule has 37 heavy (non-hydrogen) atoms. The van der Waals surface area contributed by atoms with Gasteiger partial charge in [0.15, 0.2) is 5.13 Å². The molecule has 0 saturated carbocycles. The zero-order valence-corrected chi connectivity index (χ0v) is 21.6. The molecular weight excluding hydrogens is 510 g/mol. The lowest BCUT2D eigenvalue weighted by molar-refractivity contribution is 0.0376. The number of carbonyl (C=O) groups excluding carboxylic acids is 1. The molecule has 0 atom stereocenters. The third-order valence-electron chi connectivity index (χ3n) is 6.65. The summed E-state index contributed by atoms with van der Waals surface area (Å²) in [5.74, 6) is -0.421. The number of amides is 1. The van der Waals surface area contributed by atoms with Crippen LogP contribution < -0.4 is 10.5 Å². The average molecular weight is 534 g/mol. The minimum atomic E-state index is -0.657. The molecule has 1 fully saturated rings. The summed E-state index contributed by atoms with van der Waals surface area (Å²) in [4.78, 5) is 35.6. The van der Waals surface area contributed by atoms with Gasteiger partial charge < -0.3 is 9.15 Å². The predicted molar refractivity (Wildman–Crippen MR) is 148 cm³/mol. The molecule has 0 bridgehead atoms. The number of hydrogen-bond donors (Lipinski definition) is 0. The molecule has 5 aromatic rings. The zero-order chi connectivity index (χ0) is 25.4. The van der Waals surface area contributed by atoms with Gasteiger partial charge in [-0.1, -0.05) is 53.3 Å². The van der Waals surface area contributed by atoms with E-state index in [-0.39, 0.29) is 5.56 Å². The van der Waals surface area contributed by atoms with Crippen molar-refractivity contribution in [1.29, 1.82) is 0 Å². The van der Waals surface area contributed by atoms with E-state index in [0.29, 0.717) is 35.5 Å². The van der Waals surface area contributed by atoms with Crippen LogP contribution in [-0.4, -0.2) is 55.2 Å². The van der Waals surface area contributed by atoms with Gasteiger partial charge in [0.1, 0.15) is 11.1 Å². The number of morpholine rings is 1. The summed E-state index contributed by atoms with van der Waals surface area (Å²) in [7, 11) is 0. The van der Waals surface area contributed by atoms with Gasteiger partial charge in [-0.05, 0) is 47.5 Å². The molecule has 9 heteroatoms. The number of benzene rings is 3. The zero-order valence-electron chi connectivity index (χ0n) is 20.0. The number of ether oxygens (including phenoxy) is 1. The molecule has 1 aliphatic rings. The minimum absolute atomic E-state index is 0.00693. The molecule has 2 aromatic heterocycles. The Labute approximate surface area is 221 Å². The maximum atomic E-state index is 13.9. The van der Waals surface area contributed by atoms with Crippen LogP contribution in [0.4, 0.5) is 5.13 Å². The first-order valence-electron chi connectivity index (χ1n) is 12.2. The molecule has 0 aliphatic carbocycles. The number of rotatable bonds is 6. The van der Waals surface area contributed by atoms with Crippen molar-refractivity contribution >= 4 is 65.9 Å². The van der Waals surface area contributed by atoms with Crippen molar-refractivity contribution in [3.63, 3.8) is 0 Å². The standard InChI is InChI=1S/C28H24ClN3O4S/c29-19-7-8-23-25(16-19)37-28(30-23)32(11-3-10-31-12-14-35-15-13-31)26(33)22-17-21-20-5-2-1-4-18(20)6-9-24(21)36-27(22)34/h1-2,4-9,16-17H,3,10-15H2. The lowest BCUT2D eigenvalue weighted by Crippen LogP contribution is -2.40. The number of thiazole rings is 1. The lowest BCUT2D eigenvalue weighted by Gasteiger charge is -2.27. The summed E-state index contributed by atoms with van der Waals surface area (Å²) in [6.45, 7) is 4.40. The van der Waals surface area contributed by atoms with E-state index < -0.39 is 11.5 Å². The highest BCUT2D eigenvalue weighted by Crippen LogP contribution is 2.32. The molecule has 0 unspecified atom stereocenters. The van der Waals surface area contributed by atoms with E-state index in [9.17, 15) is 9.59 Å². The highest BCUT2D eigenvalue weighted by Gasteiger charge is 2.25. The molecule has 3 heterocycles. The van der Waals surface area contributed by atoms with E-state index in [0.717, 1.165) is 52.4 Å². The van der Waals surface area contributed by atoms with Crippen molar-refractivity contribution in [3.05, 3.63) is 81.7 Å². The number of anilines is 1. The van der Waals surface area contributed by atoms with E-state index >= 15 is 0 Å². The second-order valence-corrected chi connectivity index (χ2v) is 10.5. The number of aromatic nitrogens is 1. The highest BCUT2D eigenvalue weighted by molar-refractivity contribution is 7.22. The van der Waals surface area contributed by atoms with E-state index in [1.165, 1.54) is 11.3 Å². The van der Waals surface area contributed by atoms with Crippen LogP contribution in [0.15, 0.2) is 69.9 Å². The van der Waals surface area contributed by atoms with Crippen LogP contribution in [0.25, 0.3) is 32.0 Å². The van der Waals surface area contributed by atoms with Gasteiger partial charge in [0, 0.05) is 36.6 Å². The van der Waals surface area contributed by atoms with Crippen LogP contribution in [0, 0.1) is 0 Å². The summed E-state index contributed by atoms with van der Waals surface area (Å²) in [5, 5.41) is 3.79. The number of halogens is 1. The first-order chi connectivity index (χ1) is 18.1. The first kappa shape index (κ1) is 24.1. The molecule has 1 aliphatic heterocycles. The Kier molecular flexibility index (Phi) is 6.65. The van der Waals surface area contributed by atoms with Gasteiger partial charge in [-0.25, -0.2) is 9.78 Å². The third-order valence-corrected chi connectivity index (χ3v) is 7.92. The van der Waals surface area contributed by atoms with Gasteiger partial charge in [0.05, 0.1) is 23.4 Å². The third kappa shape index (κ3) is 4.85. The van der Waals surface area contributed by atoms with Crippen LogP contribution >= 0.6 is 22.9 Å². The van der Waals surface area contributed by atoms with E-state index in [2.05, 4.69) is 4.90 Å². The summed E-state index contributed by atoms with van der Waals surface area (Å²) in [6, 6.07) is 18.6. The minimum Gasteiger partial charge on any atom is -0.422 e. The smallest absolute Gasteiger partial charge is 0.349 e. The molecule has 0 spiro atoms. The van der Waals surface area contributed by atoms with Gasteiger partial charge in [-0.3, -0.25) is 14.6 Å². The summed E-state index contributed by atoms with van der Waals surface area (Å²) < 4.78 is 11.9. The lowest BCUT2D eigenvalue weighted by atomic mass is 10.0. The summed E-state index contributed by atoms with van der Waals surface area (Å²) in [5.41, 5.74) is 0.545. The van der Waals surface area contributed by atoms with Gasteiger partial charge in [0.25, 0.3) is 5.91 Å². The Bertz CT molecular complexity index is 1680. The molecule has 188 valence electrons. The summed E-state index contributed by atoms with van der Waals surface area (Å²) in [6.07, 6.45) is 0.726. The van der Waals surface area contributed by atoms with E-state index in [1.807, 2.05) is 42.5 Å². The molecule has 0 N–H and O–H groups in total. The molecule has 0 radical (unpaired) electrons. The fourth-order valence-corrected chi connectivity index (χ4v) is 6.00. The van der Waals surface area contributed by atoms with E-state index in [4.69, 9.17) is 25.7 Å². The second kappa shape index (κ2) is 10.2. The van der Waals surface area contributed by atoms with Crippen molar-refractivity contribution in [3.8, 4) is 0 Å². The summed E-state index contributed by atoms with van der Waals surface area (Å²) >= 11 is 7.57. The van der Waals surface area contributed by atoms with Gasteiger partial charge in [0.2, 0.25) is 0 Å². The maximum absolute atomic E-state index is 13.9. The Morgan fingerprint density at radius 2 is 1.89 bits per heavy atom. The highest BCUT2D eigenvalue weighted by atomic mass is 35.5. The number of nitrogens with zero attached hydrogens (tertiary/aromatic N) is 3. The van der Waals surface area contributed by atoms with Crippen LogP contribution in [0.2, 0.25) is 5.02 Å². The molecule has 3 aromatic carbocycles. The first-order valence-corrected chi connectivity index (χ1v) is 13.4. The van der Waals surface area contributed by atoms with Gasteiger partial charge >= 0.3 is 5.63 Å². The Morgan fingerprint density at radius 1 is 1.05 bits per heavy atom. The predicted octanol–water partition coefficient (Wildman–Crippen LogP) is 5.58. The van der Waals surface area contributed by atoms with Crippen molar-refractivity contribution in [2.75, 3.05) is 44.3 Å². The Morgan fingerprint density at radius 3 is 2.76 bits per heavy atom. The van der Waals surface area contributed by atoms with Crippen LogP contribution in [-0.2, 0) is 4.74 Å². The number of hydrogen-bond acceptors (Lipinski definition) is 7. The van der Waals surface area contributed by atoms with Crippen LogP contribution in [0.5, 0.6) is 0 Å². The van der Waals surface area contributed by atoms with Crippen molar-refractivity contribution < 1.29 is 13.9 Å². The molecule has 1 amide bonds. The molecule has 7 nitrogen and oxygen atoms in total. The monoisotopic (exact) mass is 533 g/mol. The van der Waals surface area contributed by atoms with Crippen LogP contribution in [0.3, 0.4) is 0 Å². The fourth-order valence-electron chi connectivity index (χ4n) is 4.73. The maximum Gasteiger partial charge on any atom is 0.349 e.